The molecule has 0 aliphatic heterocycles. The summed E-state index contributed by atoms with van der Waals surface area (Å²) in [5.74, 6) is -0.119. The van der Waals surface area contributed by atoms with Gasteiger partial charge in [-0.1, -0.05) is 46.4 Å². The summed E-state index contributed by atoms with van der Waals surface area (Å²) in [7, 11) is 0. The highest BCUT2D eigenvalue weighted by molar-refractivity contribution is 6.36. The van der Waals surface area contributed by atoms with Crippen LogP contribution in [0.4, 0.5) is 28.7 Å². The van der Waals surface area contributed by atoms with Crippen molar-refractivity contribution in [2.45, 2.75) is 0 Å². The van der Waals surface area contributed by atoms with Crippen molar-refractivity contribution in [2.24, 2.45) is 0 Å². The summed E-state index contributed by atoms with van der Waals surface area (Å²) in [4.78, 5) is 18.9. The first-order chi connectivity index (χ1) is 12.8. The van der Waals surface area contributed by atoms with Gasteiger partial charge in [-0.25, -0.2) is 9.97 Å². The minimum Gasteiger partial charge on any atom is -0.333 e. The number of anilines is 4. The van der Waals surface area contributed by atoms with Crippen LogP contribution < -0.4 is 10.6 Å². The Balaban J connectivity index is 2.02. The van der Waals surface area contributed by atoms with Crippen molar-refractivity contribution >= 4 is 75.1 Å². The second-order valence-corrected chi connectivity index (χ2v) is 6.86. The van der Waals surface area contributed by atoms with Gasteiger partial charge < -0.3 is 10.6 Å². The lowest BCUT2D eigenvalue weighted by atomic mass is 10.3. The van der Waals surface area contributed by atoms with E-state index in [1.807, 2.05) is 0 Å². The maximum atomic E-state index is 11.6. The average Bonchev–Trinajstić information content (AvgIpc) is 2.60. The summed E-state index contributed by atoms with van der Waals surface area (Å²) < 4.78 is 0. The maximum Gasteiger partial charge on any atom is 0.353 e. The lowest BCUT2D eigenvalue weighted by molar-refractivity contribution is -0.383. The molecule has 0 saturated heterocycles. The number of nitrogens with one attached hydrogen (secondary N) is 2. The minimum absolute atomic E-state index is 0.0557. The first kappa shape index (κ1) is 19.4. The molecule has 11 heteroatoms. The standard InChI is InChI=1S/C16H9Cl4N5O2/c17-8-2-4-12(11(20)5-8)23-15-14(25(26)27)16(22-7-21-15)24-13-6-9(18)1-3-10(13)19/h1-7H,(H2,21,22,23,24). The molecule has 0 amide bonds. The van der Waals surface area contributed by atoms with Crippen LogP contribution in [0.25, 0.3) is 0 Å². The van der Waals surface area contributed by atoms with E-state index in [1.165, 1.54) is 18.5 Å². The van der Waals surface area contributed by atoms with Crippen molar-refractivity contribution < 1.29 is 4.92 Å². The fraction of sp³-hybridized carbons (Fsp3) is 0. The van der Waals surface area contributed by atoms with Gasteiger partial charge in [0.05, 0.1) is 26.3 Å². The van der Waals surface area contributed by atoms with Crippen molar-refractivity contribution in [1.82, 2.24) is 9.97 Å². The summed E-state index contributed by atoms with van der Waals surface area (Å²) in [6.07, 6.45) is 1.17. The number of nitro groups is 1. The molecule has 138 valence electrons. The number of nitrogens with zero attached hydrogens (tertiary/aromatic N) is 3. The van der Waals surface area contributed by atoms with Crippen molar-refractivity contribution in [3.05, 3.63) is 72.9 Å². The zero-order valence-corrected chi connectivity index (χ0v) is 16.2. The number of hydrogen-bond acceptors (Lipinski definition) is 6. The normalized spacial score (nSPS) is 10.5. The highest BCUT2D eigenvalue weighted by Gasteiger charge is 2.24. The molecule has 0 unspecified atom stereocenters. The van der Waals surface area contributed by atoms with Gasteiger partial charge in [-0.2, -0.15) is 0 Å². The van der Waals surface area contributed by atoms with Gasteiger partial charge in [0.2, 0.25) is 11.6 Å². The van der Waals surface area contributed by atoms with Gasteiger partial charge in [0.25, 0.3) is 0 Å². The Morgan fingerprint density at radius 1 is 0.815 bits per heavy atom. The first-order valence-corrected chi connectivity index (χ1v) is 8.80. The zero-order chi connectivity index (χ0) is 19.6. The third-order valence-corrected chi connectivity index (χ3v) is 4.48. The van der Waals surface area contributed by atoms with Gasteiger partial charge in [0.15, 0.2) is 0 Å². The van der Waals surface area contributed by atoms with E-state index in [0.29, 0.717) is 26.4 Å². The van der Waals surface area contributed by atoms with Crippen LogP contribution in [0.1, 0.15) is 0 Å². The monoisotopic (exact) mass is 443 g/mol. The Morgan fingerprint density at radius 3 is 2.04 bits per heavy atom. The molecule has 1 aromatic heterocycles. The van der Waals surface area contributed by atoms with Crippen molar-refractivity contribution in [1.29, 1.82) is 0 Å². The average molecular weight is 445 g/mol. The Hall–Kier alpha value is -2.32. The molecule has 7 nitrogen and oxygen atoms in total. The molecule has 3 aromatic rings. The van der Waals surface area contributed by atoms with Crippen LogP contribution in [0.3, 0.4) is 0 Å². The van der Waals surface area contributed by atoms with Crippen LogP contribution in [0.15, 0.2) is 42.7 Å². The van der Waals surface area contributed by atoms with E-state index in [0.717, 1.165) is 0 Å². The number of halogens is 4. The number of rotatable bonds is 5. The third kappa shape index (κ3) is 4.51. The molecule has 0 bridgehead atoms. The van der Waals surface area contributed by atoms with Gasteiger partial charge in [-0.15, -0.1) is 0 Å². The predicted molar refractivity (Wildman–Crippen MR) is 108 cm³/mol. The van der Waals surface area contributed by atoms with Crippen LogP contribution >= 0.6 is 46.4 Å². The molecule has 0 atom stereocenters. The van der Waals surface area contributed by atoms with Crippen molar-refractivity contribution in [3.63, 3.8) is 0 Å². The molecule has 2 aromatic carbocycles. The zero-order valence-electron chi connectivity index (χ0n) is 13.2. The summed E-state index contributed by atoms with van der Waals surface area (Å²) >= 11 is 24.0. The smallest absolute Gasteiger partial charge is 0.333 e. The molecular weight excluding hydrogens is 436 g/mol. The van der Waals surface area contributed by atoms with Crippen molar-refractivity contribution in [2.75, 3.05) is 10.6 Å². The number of aromatic nitrogens is 2. The first-order valence-electron chi connectivity index (χ1n) is 7.28. The van der Waals surface area contributed by atoms with E-state index in [9.17, 15) is 10.1 Å². The second-order valence-electron chi connectivity index (χ2n) is 5.17. The summed E-state index contributed by atoms with van der Waals surface area (Å²) in [5.41, 5.74) is 0.371. The highest BCUT2D eigenvalue weighted by atomic mass is 35.5. The van der Waals surface area contributed by atoms with Crippen LogP contribution in [0.2, 0.25) is 20.1 Å². The van der Waals surface area contributed by atoms with Crippen LogP contribution in [0.5, 0.6) is 0 Å². The van der Waals surface area contributed by atoms with E-state index in [4.69, 9.17) is 46.4 Å². The van der Waals surface area contributed by atoms with Gasteiger partial charge >= 0.3 is 5.69 Å². The molecule has 0 saturated carbocycles. The third-order valence-electron chi connectivity index (χ3n) is 3.37. The second kappa shape index (κ2) is 8.14. The molecule has 0 aliphatic carbocycles. The molecule has 0 spiro atoms. The molecule has 3 rings (SSSR count). The van der Waals surface area contributed by atoms with E-state index in [-0.39, 0.29) is 22.3 Å². The molecule has 0 aliphatic rings. The molecule has 27 heavy (non-hydrogen) atoms. The predicted octanol–water partition coefficient (Wildman–Crippen LogP) is 6.49. The Bertz CT molecular complexity index is 1030. The fourth-order valence-corrected chi connectivity index (χ4v) is 2.97. The van der Waals surface area contributed by atoms with Gasteiger partial charge in [-0.05, 0) is 36.4 Å². The SMILES string of the molecule is O=[N+]([O-])c1c(Nc2ccc(Cl)cc2Cl)ncnc1Nc1cc(Cl)ccc1Cl. The quantitative estimate of drug-likeness (QED) is 0.345. The molecular formula is C16H9Cl4N5O2. The summed E-state index contributed by atoms with van der Waals surface area (Å²) in [6, 6.07) is 9.36. The van der Waals surface area contributed by atoms with E-state index >= 15 is 0 Å². The van der Waals surface area contributed by atoms with Gasteiger partial charge in [0, 0.05) is 10.0 Å². The lowest BCUT2D eigenvalue weighted by Crippen LogP contribution is -2.06. The maximum absolute atomic E-state index is 11.6. The van der Waals surface area contributed by atoms with Crippen LogP contribution in [-0.2, 0) is 0 Å². The van der Waals surface area contributed by atoms with E-state index in [1.54, 1.807) is 24.3 Å². The van der Waals surface area contributed by atoms with Crippen LogP contribution in [0, 0.1) is 10.1 Å². The molecule has 2 N–H and O–H groups in total. The van der Waals surface area contributed by atoms with Gasteiger partial charge in [0.1, 0.15) is 6.33 Å². The molecule has 0 fully saturated rings. The van der Waals surface area contributed by atoms with E-state index < -0.39 is 4.92 Å². The Morgan fingerprint density at radius 2 is 1.41 bits per heavy atom. The number of benzene rings is 2. The minimum atomic E-state index is -0.618. The van der Waals surface area contributed by atoms with E-state index in [2.05, 4.69) is 20.6 Å². The van der Waals surface area contributed by atoms with Crippen molar-refractivity contribution in [3.8, 4) is 0 Å². The molecule has 1 heterocycles. The largest absolute Gasteiger partial charge is 0.353 e. The van der Waals surface area contributed by atoms with Crippen LogP contribution in [-0.4, -0.2) is 14.9 Å². The summed E-state index contributed by atoms with van der Waals surface area (Å²) in [5, 5.41) is 18.7. The number of hydrogen-bond donors (Lipinski definition) is 2. The Kier molecular flexibility index (Phi) is 5.86. The highest BCUT2D eigenvalue weighted by Crippen LogP contribution is 2.37. The Labute approximate surface area is 173 Å². The fourth-order valence-electron chi connectivity index (χ4n) is 2.17. The summed E-state index contributed by atoms with van der Waals surface area (Å²) in [6.45, 7) is 0. The topological polar surface area (TPSA) is 93.0 Å². The lowest BCUT2D eigenvalue weighted by Gasteiger charge is -2.12. The van der Waals surface area contributed by atoms with Gasteiger partial charge in [-0.3, -0.25) is 10.1 Å². The molecule has 0 radical (unpaired) electrons.